The Hall–Kier alpha value is -3.16. The maximum Gasteiger partial charge on any atom is 0.338 e. The molecule has 8 heteroatoms. The van der Waals surface area contributed by atoms with Crippen LogP contribution >= 0.6 is 0 Å². The molecule has 130 valence electrons. The first kappa shape index (κ1) is 20.8. The number of esters is 4. The number of rotatable bonds is 4. The molecule has 0 fully saturated rings. The quantitative estimate of drug-likeness (QED) is 0.457. The summed E-state index contributed by atoms with van der Waals surface area (Å²) in [6.07, 6.45) is 1.98. The van der Waals surface area contributed by atoms with Crippen LogP contribution < -0.4 is 0 Å². The van der Waals surface area contributed by atoms with Crippen LogP contribution in [-0.4, -0.2) is 52.3 Å². The fourth-order valence-electron chi connectivity index (χ4n) is 1.33. The molecule has 0 saturated carbocycles. The zero-order valence-electron chi connectivity index (χ0n) is 13.7. The van der Waals surface area contributed by atoms with Crippen LogP contribution in [0.5, 0.6) is 0 Å². The fraction of sp³-hybridized carbons (Fsp3) is 0.250. The lowest BCUT2D eigenvalue weighted by atomic mass is 10.1. The van der Waals surface area contributed by atoms with E-state index in [0.29, 0.717) is 0 Å². The number of benzene rings is 1. The van der Waals surface area contributed by atoms with Crippen molar-refractivity contribution in [2.24, 2.45) is 0 Å². The van der Waals surface area contributed by atoms with Crippen molar-refractivity contribution in [1.29, 1.82) is 0 Å². The molecule has 0 aliphatic rings. The predicted octanol–water partition coefficient (Wildman–Crippen LogP) is 1.15. The standard InChI is InChI=1S/C10H10O4.C6H8O4/c1-13-9(11)7-5-3-4-6-8(7)10(12)14-2;1-9-5(7)3-4-6(8)10-2/h3-6H,1-2H3;3-4H,1-2H3. The lowest BCUT2D eigenvalue weighted by Gasteiger charge is -2.04. The summed E-state index contributed by atoms with van der Waals surface area (Å²) in [4.78, 5) is 43.1. The molecule has 0 atom stereocenters. The Morgan fingerprint density at radius 3 is 1.25 bits per heavy atom. The lowest BCUT2D eigenvalue weighted by molar-refractivity contribution is -0.137. The maximum atomic E-state index is 11.2. The third-order valence-corrected chi connectivity index (χ3v) is 2.50. The molecule has 0 saturated heterocycles. The number of ether oxygens (including phenoxy) is 4. The van der Waals surface area contributed by atoms with Gasteiger partial charge in [-0.25, -0.2) is 19.2 Å². The Labute approximate surface area is 138 Å². The van der Waals surface area contributed by atoms with Crippen LogP contribution in [0.15, 0.2) is 36.4 Å². The van der Waals surface area contributed by atoms with E-state index < -0.39 is 23.9 Å². The zero-order chi connectivity index (χ0) is 18.5. The Morgan fingerprint density at radius 2 is 1.00 bits per heavy atom. The second-order valence-corrected chi connectivity index (χ2v) is 3.91. The molecule has 8 nitrogen and oxygen atoms in total. The molecule has 1 aromatic rings. The normalized spacial score (nSPS) is 9.33. The van der Waals surface area contributed by atoms with Crippen molar-refractivity contribution < 1.29 is 38.1 Å². The molecule has 1 rings (SSSR count). The first-order valence-corrected chi connectivity index (χ1v) is 6.50. The summed E-state index contributed by atoms with van der Waals surface area (Å²) < 4.78 is 17.5. The first-order valence-electron chi connectivity index (χ1n) is 6.50. The molecule has 0 bridgehead atoms. The van der Waals surface area contributed by atoms with Gasteiger partial charge in [0.1, 0.15) is 0 Å². The van der Waals surface area contributed by atoms with Gasteiger partial charge in [-0.15, -0.1) is 0 Å². The Balaban J connectivity index is 0.000000470. The summed E-state index contributed by atoms with van der Waals surface area (Å²) >= 11 is 0. The van der Waals surface area contributed by atoms with Gasteiger partial charge in [-0.2, -0.15) is 0 Å². The molecule has 24 heavy (non-hydrogen) atoms. The molecular formula is C16H18O8. The third kappa shape index (κ3) is 7.21. The van der Waals surface area contributed by atoms with Crippen molar-refractivity contribution in [3.05, 3.63) is 47.5 Å². The van der Waals surface area contributed by atoms with E-state index in [0.717, 1.165) is 12.2 Å². The summed E-state index contributed by atoms with van der Waals surface area (Å²) in [5, 5.41) is 0. The average Bonchev–Trinajstić information content (AvgIpc) is 2.64. The highest BCUT2D eigenvalue weighted by Gasteiger charge is 2.16. The molecule has 0 unspecified atom stereocenters. The minimum absolute atomic E-state index is 0.210. The van der Waals surface area contributed by atoms with Gasteiger partial charge in [0.15, 0.2) is 0 Å². The summed E-state index contributed by atoms with van der Waals surface area (Å²) in [5.41, 5.74) is 0.420. The second-order valence-electron chi connectivity index (χ2n) is 3.91. The van der Waals surface area contributed by atoms with Gasteiger partial charge in [0, 0.05) is 12.2 Å². The van der Waals surface area contributed by atoms with E-state index in [1.165, 1.54) is 40.6 Å². The number of hydrogen-bond acceptors (Lipinski definition) is 8. The van der Waals surface area contributed by atoms with Gasteiger partial charge in [0.05, 0.1) is 39.6 Å². The van der Waals surface area contributed by atoms with Gasteiger partial charge in [-0.1, -0.05) is 12.1 Å². The van der Waals surface area contributed by atoms with Gasteiger partial charge >= 0.3 is 23.9 Å². The van der Waals surface area contributed by atoms with Gasteiger partial charge in [0.25, 0.3) is 0 Å². The van der Waals surface area contributed by atoms with Crippen LogP contribution in [0, 0.1) is 0 Å². The van der Waals surface area contributed by atoms with Crippen LogP contribution in [-0.2, 0) is 28.5 Å². The van der Waals surface area contributed by atoms with E-state index in [-0.39, 0.29) is 11.1 Å². The van der Waals surface area contributed by atoms with Gasteiger partial charge in [0.2, 0.25) is 0 Å². The molecule has 1 aromatic carbocycles. The number of carbonyl (C=O) groups excluding carboxylic acids is 4. The Bertz CT molecular complexity index is 565. The van der Waals surface area contributed by atoms with Crippen molar-refractivity contribution in [3.8, 4) is 0 Å². The van der Waals surface area contributed by atoms with Gasteiger partial charge < -0.3 is 18.9 Å². The monoisotopic (exact) mass is 338 g/mol. The minimum Gasteiger partial charge on any atom is -0.466 e. The lowest BCUT2D eigenvalue weighted by Crippen LogP contribution is -2.11. The molecule has 0 radical (unpaired) electrons. The highest BCUT2D eigenvalue weighted by atomic mass is 16.5. The molecule has 0 N–H and O–H groups in total. The largest absolute Gasteiger partial charge is 0.466 e. The summed E-state index contributed by atoms with van der Waals surface area (Å²) in [6, 6.07) is 6.33. The van der Waals surface area contributed by atoms with E-state index in [9.17, 15) is 19.2 Å². The molecular weight excluding hydrogens is 320 g/mol. The molecule has 0 spiro atoms. The average molecular weight is 338 g/mol. The number of methoxy groups -OCH3 is 4. The fourth-order valence-corrected chi connectivity index (χ4v) is 1.33. The predicted molar refractivity (Wildman–Crippen MR) is 82.3 cm³/mol. The highest BCUT2D eigenvalue weighted by Crippen LogP contribution is 2.10. The molecule has 0 amide bonds. The summed E-state index contributed by atoms with van der Waals surface area (Å²) in [6.45, 7) is 0. The number of carbonyl (C=O) groups is 4. The van der Waals surface area contributed by atoms with Crippen molar-refractivity contribution >= 4 is 23.9 Å². The SMILES string of the molecule is COC(=O)C=CC(=O)OC.COC(=O)c1ccccc1C(=O)OC. The summed E-state index contributed by atoms with van der Waals surface area (Å²) in [7, 11) is 4.97. The molecule has 0 aromatic heterocycles. The van der Waals surface area contributed by atoms with E-state index in [4.69, 9.17) is 0 Å². The van der Waals surface area contributed by atoms with Crippen molar-refractivity contribution in [3.63, 3.8) is 0 Å². The van der Waals surface area contributed by atoms with Crippen LogP contribution in [0.3, 0.4) is 0 Å². The molecule has 0 heterocycles. The topological polar surface area (TPSA) is 105 Å². The van der Waals surface area contributed by atoms with Crippen LogP contribution in [0.2, 0.25) is 0 Å². The van der Waals surface area contributed by atoms with Crippen LogP contribution in [0.1, 0.15) is 20.7 Å². The zero-order valence-corrected chi connectivity index (χ0v) is 13.7. The van der Waals surface area contributed by atoms with E-state index in [1.807, 2.05) is 0 Å². The van der Waals surface area contributed by atoms with Crippen molar-refractivity contribution in [2.45, 2.75) is 0 Å². The van der Waals surface area contributed by atoms with E-state index in [1.54, 1.807) is 12.1 Å². The molecule has 0 aliphatic carbocycles. The molecule has 0 aliphatic heterocycles. The number of hydrogen-bond donors (Lipinski definition) is 0. The van der Waals surface area contributed by atoms with E-state index >= 15 is 0 Å². The smallest absolute Gasteiger partial charge is 0.338 e. The first-order chi connectivity index (χ1) is 11.4. The van der Waals surface area contributed by atoms with Gasteiger partial charge in [-0.3, -0.25) is 0 Å². The van der Waals surface area contributed by atoms with Gasteiger partial charge in [-0.05, 0) is 12.1 Å². The Morgan fingerprint density at radius 1 is 0.667 bits per heavy atom. The van der Waals surface area contributed by atoms with Crippen molar-refractivity contribution in [2.75, 3.05) is 28.4 Å². The minimum atomic E-state index is -0.578. The third-order valence-electron chi connectivity index (χ3n) is 2.50. The Kier molecular flexibility index (Phi) is 9.91. The summed E-state index contributed by atoms with van der Waals surface area (Å²) in [5.74, 6) is -2.26. The van der Waals surface area contributed by atoms with Crippen LogP contribution in [0.4, 0.5) is 0 Å². The highest BCUT2D eigenvalue weighted by molar-refractivity contribution is 6.03. The maximum absolute atomic E-state index is 11.2. The van der Waals surface area contributed by atoms with E-state index in [2.05, 4.69) is 18.9 Å². The van der Waals surface area contributed by atoms with Crippen LogP contribution in [0.25, 0.3) is 0 Å². The van der Waals surface area contributed by atoms with Crippen molar-refractivity contribution in [1.82, 2.24) is 0 Å². The second kappa shape index (κ2) is 11.4.